The van der Waals surface area contributed by atoms with Crippen molar-refractivity contribution in [1.29, 1.82) is 0 Å². The molecule has 1 atom stereocenters. The highest BCUT2D eigenvalue weighted by atomic mass is 19.2. The molecule has 2 N–H and O–H groups in total. The number of aliphatic hydroxyl groups excluding tert-OH is 1. The maximum atomic E-state index is 14.0. The van der Waals surface area contributed by atoms with Gasteiger partial charge < -0.3 is 14.9 Å². The summed E-state index contributed by atoms with van der Waals surface area (Å²) in [6.45, 7) is 0.508. The van der Waals surface area contributed by atoms with Crippen molar-refractivity contribution in [3.8, 4) is 11.5 Å². The number of ketones is 1. The maximum absolute atomic E-state index is 14.0. The number of nitrogens with zero attached hydrogens (tertiary/aromatic N) is 1. The molecule has 3 aromatic rings. The maximum Gasteiger partial charge on any atom is 0.300 e. The zero-order chi connectivity index (χ0) is 23.3. The molecule has 0 aromatic heterocycles. The summed E-state index contributed by atoms with van der Waals surface area (Å²) < 4.78 is 33.0. The molecule has 0 bridgehead atoms. The number of aromatic hydroxyl groups is 1. The molecule has 1 saturated heterocycles. The number of benzene rings is 3. The Labute approximate surface area is 187 Å². The van der Waals surface area contributed by atoms with Crippen molar-refractivity contribution < 1.29 is 33.3 Å². The van der Waals surface area contributed by atoms with Gasteiger partial charge >= 0.3 is 0 Å². The van der Waals surface area contributed by atoms with Crippen LogP contribution in [0.4, 0.5) is 14.5 Å². The number of amides is 1. The minimum absolute atomic E-state index is 0.0397. The van der Waals surface area contributed by atoms with Crippen LogP contribution in [0.3, 0.4) is 0 Å². The first-order valence-electron chi connectivity index (χ1n) is 10.2. The van der Waals surface area contributed by atoms with Crippen molar-refractivity contribution in [2.75, 3.05) is 11.5 Å². The topological polar surface area (TPSA) is 87.1 Å². The second-order valence-electron chi connectivity index (χ2n) is 7.78. The number of aliphatic hydroxyl groups is 1. The number of carbonyl (C=O) groups excluding carboxylic acids is 2. The molecule has 5 rings (SSSR count). The first-order valence-corrected chi connectivity index (χ1v) is 10.2. The van der Waals surface area contributed by atoms with E-state index >= 15 is 0 Å². The molecule has 0 aliphatic carbocycles. The molecule has 0 saturated carbocycles. The number of phenolic OH excluding ortho intramolecular Hbond substituents is 1. The zero-order valence-corrected chi connectivity index (χ0v) is 17.1. The van der Waals surface area contributed by atoms with Gasteiger partial charge in [0.2, 0.25) is 0 Å². The Kier molecular flexibility index (Phi) is 4.85. The van der Waals surface area contributed by atoms with Gasteiger partial charge in [0, 0.05) is 23.7 Å². The van der Waals surface area contributed by atoms with Gasteiger partial charge in [-0.15, -0.1) is 0 Å². The molecular weight excluding hydrogens is 432 g/mol. The minimum Gasteiger partial charge on any atom is -0.508 e. The number of fused-ring (bicyclic) bond motifs is 1. The summed E-state index contributed by atoms with van der Waals surface area (Å²) in [6.07, 6.45) is 0.640. The summed E-state index contributed by atoms with van der Waals surface area (Å²) in [5, 5.41) is 20.8. The molecule has 6 nitrogen and oxygen atoms in total. The van der Waals surface area contributed by atoms with Crippen LogP contribution in [0.2, 0.25) is 0 Å². The van der Waals surface area contributed by atoms with Gasteiger partial charge in [-0.05, 0) is 53.6 Å². The third-order valence-electron chi connectivity index (χ3n) is 5.80. The average molecular weight is 449 g/mol. The summed E-state index contributed by atoms with van der Waals surface area (Å²) >= 11 is 0. The molecule has 1 unspecified atom stereocenters. The van der Waals surface area contributed by atoms with Crippen molar-refractivity contribution >= 4 is 23.1 Å². The standard InChI is InChI=1S/C25H17F2NO5/c26-18-7-4-16(12-19(18)27)28-22(13-1-5-17(29)6-2-13)21(24(31)25(28)32)23(30)15-3-8-20-14(11-15)9-10-33-20/h1-8,11-12,22,29-30H,9-10H2/b23-21-. The molecule has 33 heavy (non-hydrogen) atoms. The number of Topliss-reactive ketones (excluding diaryl/α,β-unsaturated/α-hetero) is 1. The third-order valence-corrected chi connectivity index (χ3v) is 5.80. The van der Waals surface area contributed by atoms with Crippen LogP contribution in [0.5, 0.6) is 11.5 Å². The van der Waals surface area contributed by atoms with Crippen LogP contribution < -0.4 is 9.64 Å². The van der Waals surface area contributed by atoms with Crippen LogP contribution in [0.1, 0.15) is 22.7 Å². The Hall–Kier alpha value is -4.20. The lowest BCUT2D eigenvalue weighted by molar-refractivity contribution is -0.132. The fourth-order valence-corrected chi connectivity index (χ4v) is 4.20. The molecule has 0 spiro atoms. The summed E-state index contributed by atoms with van der Waals surface area (Å²) in [5.74, 6) is -4.00. The van der Waals surface area contributed by atoms with Crippen LogP contribution in [-0.2, 0) is 16.0 Å². The zero-order valence-electron chi connectivity index (χ0n) is 17.1. The van der Waals surface area contributed by atoms with Gasteiger partial charge in [0.05, 0.1) is 18.2 Å². The van der Waals surface area contributed by atoms with Crippen LogP contribution in [-0.4, -0.2) is 28.5 Å². The Morgan fingerprint density at radius 1 is 0.970 bits per heavy atom. The molecule has 0 radical (unpaired) electrons. The lowest BCUT2D eigenvalue weighted by Gasteiger charge is -2.25. The fourth-order valence-electron chi connectivity index (χ4n) is 4.20. The van der Waals surface area contributed by atoms with Crippen molar-refractivity contribution in [1.82, 2.24) is 0 Å². The van der Waals surface area contributed by atoms with E-state index < -0.39 is 35.1 Å². The van der Waals surface area contributed by atoms with Gasteiger partial charge in [0.15, 0.2) is 11.6 Å². The van der Waals surface area contributed by atoms with E-state index in [4.69, 9.17) is 4.74 Å². The highest BCUT2D eigenvalue weighted by Gasteiger charge is 2.47. The smallest absolute Gasteiger partial charge is 0.300 e. The van der Waals surface area contributed by atoms with Gasteiger partial charge in [0.25, 0.3) is 11.7 Å². The summed E-state index contributed by atoms with van der Waals surface area (Å²) in [7, 11) is 0. The molecule has 166 valence electrons. The van der Waals surface area contributed by atoms with Gasteiger partial charge in [-0.2, -0.15) is 0 Å². The van der Waals surface area contributed by atoms with Gasteiger partial charge in [-0.3, -0.25) is 14.5 Å². The molecule has 2 heterocycles. The lowest BCUT2D eigenvalue weighted by Crippen LogP contribution is -2.29. The Morgan fingerprint density at radius 2 is 1.73 bits per heavy atom. The van der Waals surface area contributed by atoms with Crippen molar-refractivity contribution in [2.45, 2.75) is 12.5 Å². The molecule has 1 amide bonds. The van der Waals surface area contributed by atoms with E-state index in [1.807, 2.05) is 0 Å². The number of phenols is 1. The predicted molar refractivity (Wildman–Crippen MR) is 115 cm³/mol. The summed E-state index contributed by atoms with van der Waals surface area (Å²) in [4.78, 5) is 27.1. The van der Waals surface area contributed by atoms with E-state index in [2.05, 4.69) is 0 Å². The fraction of sp³-hybridized carbons (Fsp3) is 0.120. The normalized spacial score (nSPS) is 19.0. The van der Waals surface area contributed by atoms with Crippen LogP contribution in [0.25, 0.3) is 5.76 Å². The summed E-state index contributed by atoms with van der Waals surface area (Å²) in [6, 6.07) is 12.4. The van der Waals surface area contributed by atoms with Crippen molar-refractivity contribution in [3.05, 3.63) is 94.6 Å². The first kappa shape index (κ1) is 20.7. The molecular formula is C25H17F2NO5. The van der Waals surface area contributed by atoms with E-state index in [0.717, 1.165) is 22.6 Å². The van der Waals surface area contributed by atoms with Crippen LogP contribution in [0.15, 0.2) is 66.2 Å². The van der Waals surface area contributed by atoms with Gasteiger partial charge in [-0.25, -0.2) is 8.78 Å². The number of hydrogen-bond donors (Lipinski definition) is 2. The van der Waals surface area contributed by atoms with E-state index in [-0.39, 0.29) is 17.0 Å². The lowest BCUT2D eigenvalue weighted by atomic mass is 9.94. The second-order valence-corrected chi connectivity index (χ2v) is 7.78. The van der Waals surface area contributed by atoms with Gasteiger partial charge in [0.1, 0.15) is 17.3 Å². The molecule has 2 aliphatic rings. The largest absolute Gasteiger partial charge is 0.508 e. The number of halogens is 2. The third kappa shape index (κ3) is 3.40. The van der Waals surface area contributed by atoms with E-state index in [1.54, 1.807) is 18.2 Å². The first-order chi connectivity index (χ1) is 15.8. The number of ether oxygens (including phenoxy) is 1. The molecule has 1 fully saturated rings. The highest BCUT2D eigenvalue weighted by molar-refractivity contribution is 6.51. The quantitative estimate of drug-likeness (QED) is 0.355. The Balaban J connectivity index is 1.71. The monoisotopic (exact) mass is 449 g/mol. The van der Waals surface area contributed by atoms with E-state index in [9.17, 15) is 28.6 Å². The number of hydrogen-bond acceptors (Lipinski definition) is 5. The van der Waals surface area contributed by atoms with E-state index in [1.165, 1.54) is 30.3 Å². The number of carbonyl (C=O) groups is 2. The van der Waals surface area contributed by atoms with Crippen LogP contribution >= 0.6 is 0 Å². The second kappa shape index (κ2) is 7.74. The number of anilines is 1. The van der Waals surface area contributed by atoms with Gasteiger partial charge in [-0.1, -0.05) is 12.1 Å². The summed E-state index contributed by atoms with van der Waals surface area (Å²) in [5.41, 5.74) is 1.33. The minimum atomic E-state index is -1.18. The predicted octanol–water partition coefficient (Wildman–Crippen LogP) is 4.23. The average Bonchev–Trinajstić information content (AvgIpc) is 3.38. The SMILES string of the molecule is O=C1C(=O)N(c2ccc(F)c(F)c2)C(c2ccc(O)cc2)/C1=C(/O)c1ccc2c(c1)CCO2. The Morgan fingerprint density at radius 3 is 2.45 bits per heavy atom. The molecule has 8 heteroatoms. The van der Waals surface area contributed by atoms with E-state index in [0.29, 0.717) is 29.9 Å². The van der Waals surface area contributed by atoms with Crippen molar-refractivity contribution in [2.24, 2.45) is 0 Å². The van der Waals surface area contributed by atoms with Crippen LogP contribution in [0, 0.1) is 11.6 Å². The highest BCUT2D eigenvalue weighted by Crippen LogP contribution is 2.43. The Bertz CT molecular complexity index is 1330. The number of rotatable bonds is 3. The molecule has 3 aromatic carbocycles. The van der Waals surface area contributed by atoms with Crippen molar-refractivity contribution in [3.63, 3.8) is 0 Å². The molecule has 2 aliphatic heterocycles.